The normalized spacial score (nSPS) is 9.98. The summed E-state index contributed by atoms with van der Waals surface area (Å²) < 4.78 is 12.4. The second-order valence-electron chi connectivity index (χ2n) is 11.9. The maximum atomic E-state index is 12.4. The van der Waals surface area contributed by atoms with E-state index < -0.39 is 16.4 Å². The number of rotatable bonds is 13. The molecular weight excluding hydrogens is 643 g/mol. The van der Waals surface area contributed by atoms with Gasteiger partial charge in [0.15, 0.2) is 0 Å². The summed E-state index contributed by atoms with van der Waals surface area (Å²) in [4.78, 5) is 30.2. The van der Waals surface area contributed by atoms with Gasteiger partial charge >= 0.3 is 5.69 Å². The third-order valence-corrected chi connectivity index (χ3v) is 6.61. The molecule has 0 heterocycles. The van der Waals surface area contributed by atoms with E-state index in [4.69, 9.17) is 10.8 Å². The fraction of sp³-hybridized carbons (Fsp3) is 0.500. The molecule has 50 heavy (non-hydrogen) atoms. The van der Waals surface area contributed by atoms with E-state index in [1.165, 1.54) is 37.6 Å². The fourth-order valence-electron chi connectivity index (χ4n) is 3.79. The van der Waals surface area contributed by atoms with Crippen molar-refractivity contribution in [3.8, 4) is 0 Å². The minimum atomic E-state index is -0.799. The molecule has 0 saturated heterocycles. The summed E-state index contributed by atoms with van der Waals surface area (Å²) in [7, 11) is 16.2. The van der Waals surface area contributed by atoms with E-state index in [2.05, 4.69) is 56.9 Å². The Labute approximate surface area is 299 Å². The summed E-state index contributed by atoms with van der Waals surface area (Å²) in [5, 5.41) is 28.4. The highest BCUT2D eigenvalue weighted by Gasteiger charge is 2.15. The van der Waals surface area contributed by atoms with Gasteiger partial charge in [0.05, 0.1) is 21.2 Å². The molecule has 0 bridgehead atoms. The van der Waals surface area contributed by atoms with Gasteiger partial charge in [0.1, 0.15) is 5.69 Å². The van der Waals surface area contributed by atoms with Gasteiger partial charge in [-0.1, -0.05) is 49.7 Å². The first-order valence-corrected chi connectivity index (χ1v) is 16.5. The zero-order chi connectivity index (χ0) is 38.6. The average molecular weight is 705 g/mol. The molecule has 0 fully saturated rings. The van der Waals surface area contributed by atoms with Crippen LogP contribution in [0.3, 0.4) is 0 Å². The molecule has 0 aliphatic carbocycles. The van der Waals surface area contributed by atoms with Gasteiger partial charge in [-0.2, -0.15) is 4.39 Å². The first kappa shape index (κ1) is 47.7. The van der Waals surface area contributed by atoms with Crippen LogP contribution in [-0.2, 0) is 0 Å². The highest BCUT2D eigenvalue weighted by molar-refractivity contribution is 5.66. The van der Waals surface area contributed by atoms with Crippen LogP contribution in [0.25, 0.3) is 0 Å². The number of aliphatic hydroxyl groups excluding tert-OH is 1. The van der Waals surface area contributed by atoms with Crippen LogP contribution in [0, 0.1) is 26.0 Å². The van der Waals surface area contributed by atoms with Crippen LogP contribution in [0.5, 0.6) is 0 Å². The monoisotopic (exact) mass is 704 g/mol. The van der Waals surface area contributed by atoms with Gasteiger partial charge in [-0.3, -0.25) is 20.2 Å². The van der Waals surface area contributed by atoms with E-state index in [9.17, 15) is 24.6 Å². The maximum Gasteiger partial charge on any atom is 0.304 e. The minimum absolute atomic E-state index is 0.156. The Morgan fingerprint density at radius 2 is 1.00 bits per heavy atom. The highest BCUT2D eigenvalue weighted by Crippen LogP contribution is 2.26. The van der Waals surface area contributed by atoms with Crippen molar-refractivity contribution >= 4 is 28.4 Å². The highest BCUT2D eigenvalue weighted by atomic mass is 19.1. The third-order valence-electron chi connectivity index (χ3n) is 6.61. The minimum Gasteiger partial charge on any atom is -0.397 e. The lowest BCUT2D eigenvalue weighted by molar-refractivity contribution is -0.387. The number of nitrogen functional groups attached to an aromatic ring is 1. The van der Waals surface area contributed by atoms with Crippen LogP contribution in [0.4, 0.5) is 32.8 Å². The number of unbranched alkanes of at least 4 members (excludes halogenated alkanes) is 1. The number of halogens is 1. The zero-order valence-electron chi connectivity index (χ0n) is 31.8. The molecule has 282 valence electrons. The van der Waals surface area contributed by atoms with E-state index in [1.807, 2.05) is 61.3 Å². The van der Waals surface area contributed by atoms with Gasteiger partial charge in [0.2, 0.25) is 5.82 Å². The lowest BCUT2D eigenvalue weighted by atomic mass is 10.2. The summed E-state index contributed by atoms with van der Waals surface area (Å²) in [5.41, 5.74) is 8.15. The van der Waals surface area contributed by atoms with Crippen molar-refractivity contribution in [2.45, 2.75) is 26.7 Å². The van der Waals surface area contributed by atoms with E-state index >= 15 is 0 Å². The van der Waals surface area contributed by atoms with E-state index in [0.29, 0.717) is 5.69 Å². The second-order valence-corrected chi connectivity index (χ2v) is 11.9. The number of nitro benzene ring substituents is 2. The van der Waals surface area contributed by atoms with Crippen LogP contribution < -0.4 is 15.5 Å². The van der Waals surface area contributed by atoms with Gasteiger partial charge in [-0.25, -0.2) is 0 Å². The largest absolute Gasteiger partial charge is 0.397 e. The van der Waals surface area contributed by atoms with Gasteiger partial charge in [0, 0.05) is 59.0 Å². The lowest BCUT2D eigenvalue weighted by Gasteiger charge is -2.22. The van der Waals surface area contributed by atoms with Crippen LogP contribution in [0.15, 0.2) is 72.8 Å². The summed E-state index contributed by atoms with van der Waals surface area (Å²) in [6, 6.07) is 19.7. The number of anilines is 3. The number of hydrogen-bond acceptors (Lipinski definition) is 11. The smallest absolute Gasteiger partial charge is 0.304 e. The predicted octanol–water partition coefficient (Wildman–Crippen LogP) is 5.94. The number of nitrogens with zero attached hydrogens (tertiary/aromatic N) is 7. The van der Waals surface area contributed by atoms with E-state index in [0.717, 1.165) is 49.7 Å². The summed E-state index contributed by atoms with van der Waals surface area (Å²) in [5.74, 6) is -0.799. The second kappa shape index (κ2) is 28.5. The number of aliphatic hydroxyl groups is 1. The number of hydrogen-bond donors (Lipinski definition) is 2. The van der Waals surface area contributed by atoms with Crippen molar-refractivity contribution in [2.75, 3.05) is 111 Å². The first-order chi connectivity index (χ1) is 23.5. The fourth-order valence-corrected chi connectivity index (χ4v) is 3.79. The molecule has 0 spiro atoms. The number of nitro groups is 2. The average Bonchev–Trinajstić information content (AvgIpc) is 3.06. The molecule has 3 rings (SSSR count). The Bertz CT molecular complexity index is 1330. The van der Waals surface area contributed by atoms with Crippen molar-refractivity contribution in [2.24, 2.45) is 0 Å². The van der Waals surface area contributed by atoms with E-state index in [1.54, 1.807) is 19.1 Å². The Morgan fingerprint density at radius 1 is 0.620 bits per heavy atom. The summed E-state index contributed by atoms with van der Waals surface area (Å²) in [6.45, 7) is 9.02. The molecule has 0 atom stereocenters. The van der Waals surface area contributed by atoms with Crippen molar-refractivity contribution in [3.05, 3.63) is 98.8 Å². The molecular formula is C36H61FN8O5. The SMILES string of the molecule is CCCCN(C)C.CCO.CN(C)CCN(C)c1ccccc1N.CN(C)CCN(C)c1ccccc1[N+](=O)[O-].O=[N+]([O-])c1ccccc1F. The molecule has 3 N–H and O–H groups in total. The number of benzene rings is 3. The van der Waals surface area contributed by atoms with Gasteiger partial charge in [-0.05, 0) is 86.4 Å². The van der Waals surface area contributed by atoms with Gasteiger partial charge < -0.3 is 35.3 Å². The Balaban J connectivity index is 0. The van der Waals surface area contributed by atoms with E-state index in [-0.39, 0.29) is 17.2 Å². The van der Waals surface area contributed by atoms with Crippen molar-refractivity contribution < 1.29 is 19.3 Å². The maximum absolute atomic E-state index is 12.4. The topological polar surface area (TPSA) is 149 Å². The molecule has 0 amide bonds. The molecule has 0 aromatic heterocycles. The molecule has 0 aliphatic heterocycles. The molecule has 0 unspecified atom stereocenters. The molecule has 13 nitrogen and oxygen atoms in total. The van der Waals surface area contributed by atoms with Crippen LogP contribution in [0.1, 0.15) is 26.7 Å². The lowest BCUT2D eigenvalue weighted by Crippen LogP contribution is -2.28. The molecule has 3 aromatic rings. The Hall–Kier alpha value is -4.37. The standard InChI is InChI=1S/C11H17N3O2.C11H19N3.C6H4FNO2.C6H15N.C2H6O/c1-12(2)8-9-13(3)10-6-4-5-7-11(10)14(15)16;1-13(2)8-9-14(3)11-7-5-4-6-10(11)12;7-5-3-1-2-4-6(5)8(9)10;1-4-5-6-7(2)3;1-2-3/h4-7H,8-9H2,1-3H3;4-7H,8-9,12H2,1-3H3;1-4H;4-6H2,1-3H3;3H,2H2,1H3. The molecule has 0 radical (unpaired) electrons. The molecule has 3 aromatic carbocycles. The summed E-state index contributed by atoms with van der Waals surface area (Å²) >= 11 is 0. The first-order valence-electron chi connectivity index (χ1n) is 16.5. The summed E-state index contributed by atoms with van der Waals surface area (Å²) in [6.07, 6.45) is 2.63. The molecule has 0 aliphatic rings. The number of para-hydroxylation sites is 5. The Morgan fingerprint density at radius 3 is 1.36 bits per heavy atom. The predicted molar refractivity (Wildman–Crippen MR) is 207 cm³/mol. The van der Waals surface area contributed by atoms with Crippen LogP contribution in [-0.4, -0.2) is 125 Å². The van der Waals surface area contributed by atoms with Gasteiger partial charge in [0.25, 0.3) is 5.69 Å². The van der Waals surface area contributed by atoms with Gasteiger partial charge in [-0.15, -0.1) is 0 Å². The number of likely N-dealkylation sites (N-methyl/N-ethyl adjacent to an activating group) is 4. The third kappa shape index (κ3) is 23.1. The number of nitrogens with two attached hydrogens (primary N) is 1. The Kier molecular flexibility index (Phi) is 27.2. The molecule has 14 heteroatoms. The van der Waals surface area contributed by atoms with Crippen molar-refractivity contribution in [1.82, 2.24) is 14.7 Å². The van der Waals surface area contributed by atoms with Crippen molar-refractivity contribution in [1.29, 1.82) is 0 Å². The van der Waals surface area contributed by atoms with Crippen LogP contribution in [0.2, 0.25) is 0 Å². The zero-order valence-corrected chi connectivity index (χ0v) is 31.8. The molecule has 0 saturated carbocycles. The van der Waals surface area contributed by atoms with Crippen molar-refractivity contribution in [3.63, 3.8) is 0 Å². The van der Waals surface area contributed by atoms with Crippen LogP contribution >= 0.6 is 0 Å². The quantitative estimate of drug-likeness (QED) is 0.124.